The molecule has 0 radical (unpaired) electrons. The Morgan fingerprint density at radius 2 is 0.833 bits per heavy atom. The van der Waals surface area contributed by atoms with Gasteiger partial charge in [-0.25, -0.2) is 0 Å². The summed E-state index contributed by atoms with van der Waals surface area (Å²) < 4.78 is 1.94. The summed E-state index contributed by atoms with van der Waals surface area (Å²) in [4.78, 5) is 47.2. The fraction of sp³-hybridized carbons (Fsp3) is 0.310. The quantitative estimate of drug-likeness (QED) is 0.282. The molecule has 3 N–H and O–H groups in total. The minimum atomic E-state index is -0.523. The van der Waals surface area contributed by atoms with Crippen molar-refractivity contribution < 1.29 is 15.6 Å². The van der Waals surface area contributed by atoms with Gasteiger partial charge in [-0.05, 0) is 30.3 Å². The van der Waals surface area contributed by atoms with Crippen molar-refractivity contribution in [2.45, 2.75) is 32.7 Å². The van der Waals surface area contributed by atoms with Crippen LogP contribution in [0.25, 0.3) is 0 Å². The molecule has 0 atom stereocenters. The number of pyridine rings is 4. The van der Waals surface area contributed by atoms with E-state index in [1.807, 2.05) is 18.2 Å². The molecule has 4 aromatic rings. The summed E-state index contributed by atoms with van der Waals surface area (Å²) in [6, 6.07) is 19.5. The maximum absolute atomic E-state index is 12.1. The lowest BCUT2D eigenvalue weighted by atomic mass is 10.2. The van der Waals surface area contributed by atoms with E-state index in [4.69, 9.17) is 4.98 Å². The highest BCUT2D eigenvalue weighted by atomic mass is 16.5. The molecule has 0 saturated carbocycles. The van der Waals surface area contributed by atoms with Gasteiger partial charge >= 0.3 is 0 Å². The van der Waals surface area contributed by atoms with E-state index in [9.17, 15) is 30.0 Å². The molecule has 220 valence electrons. The van der Waals surface area contributed by atoms with Crippen LogP contribution in [0, 0.1) is 0 Å². The van der Waals surface area contributed by atoms with Crippen molar-refractivity contribution in [3.8, 4) is 0 Å². The molecule has 1 aliphatic heterocycles. The average molecular weight is 576 g/mol. The number of nitrogens with zero attached hydrogens (tertiary/aromatic N) is 7. The minimum Gasteiger partial charge on any atom is -0.425 e. The van der Waals surface area contributed by atoms with Crippen molar-refractivity contribution in [2.75, 3.05) is 26.2 Å². The fourth-order valence-corrected chi connectivity index (χ4v) is 5.05. The highest BCUT2D eigenvalue weighted by Crippen LogP contribution is 2.14. The first-order valence-electron chi connectivity index (χ1n) is 13.6. The highest BCUT2D eigenvalue weighted by molar-refractivity contribution is 5.13. The lowest BCUT2D eigenvalue weighted by Gasteiger charge is -2.31. The van der Waals surface area contributed by atoms with Crippen molar-refractivity contribution >= 4 is 0 Å². The second-order valence-corrected chi connectivity index (χ2v) is 10.3. The standard InChI is InChI=1S/C29H33N7O6/c37-27-10-2-7-24(34(27)40)19-31-13-15-32(20-25-8-3-11-28(38)35(25)41)17-22-5-1-6-23(30-22)18-33(16-14-31)21-26-9-4-12-29(39)36(26)42/h1-12,40-42H,13-21H2. The van der Waals surface area contributed by atoms with Crippen LogP contribution in [0.3, 0.4) is 0 Å². The number of hydrogen-bond donors (Lipinski definition) is 3. The summed E-state index contributed by atoms with van der Waals surface area (Å²) in [6.45, 7) is 3.82. The molecule has 0 unspecified atom stereocenters. The smallest absolute Gasteiger partial charge is 0.283 e. The zero-order valence-electron chi connectivity index (χ0n) is 23.0. The van der Waals surface area contributed by atoms with Gasteiger partial charge in [-0.2, -0.15) is 14.2 Å². The zero-order chi connectivity index (χ0) is 29.6. The molecule has 42 heavy (non-hydrogen) atoms. The second-order valence-electron chi connectivity index (χ2n) is 10.3. The van der Waals surface area contributed by atoms with Crippen molar-refractivity contribution in [3.63, 3.8) is 0 Å². The molecule has 0 amide bonds. The Labute approximate surface area is 240 Å². The molecule has 4 aromatic heterocycles. The number of rotatable bonds is 6. The molecule has 0 fully saturated rings. The highest BCUT2D eigenvalue weighted by Gasteiger charge is 2.19. The first-order chi connectivity index (χ1) is 20.3. The van der Waals surface area contributed by atoms with E-state index in [-0.39, 0.29) is 19.6 Å². The van der Waals surface area contributed by atoms with E-state index in [1.165, 1.54) is 18.2 Å². The van der Waals surface area contributed by atoms with Crippen LogP contribution in [0.15, 0.2) is 87.2 Å². The van der Waals surface area contributed by atoms with Crippen molar-refractivity contribution in [1.29, 1.82) is 0 Å². The van der Waals surface area contributed by atoms with Crippen LogP contribution in [-0.4, -0.2) is 75.7 Å². The van der Waals surface area contributed by atoms with E-state index in [1.54, 1.807) is 36.4 Å². The third kappa shape index (κ3) is 6.94. The van der Waals surface area contributed by atoms with E-state index in [0.29, 0.717) is 70.5 Å². The van der Waals surface area contributed by atoms with Crippen LogP contribution in [-0.2, 0) is 32.7 Å². The Bertz CT molecular complexity index is 1620. The first kappa shape index (κ1) is 28.8. The monoisotopic (exact) mass is 575 g/mol. The largest absolute Gasteiger partial charge is 0.425 e. The Morgan fingerprint density at radius 3 is 1.24 bits per heavy atom. The molecule has 5 rings (SSSR count). The zero-order valence-corrected chi connectivity index (χ0v) is 23.0. The molecule has 2 bridgehead atoms. The van der Waals surface area contributed by atoms with Gasteiger partial charge in [-0.3, -0.25) is 34.1 Å². The lowest BCUT2D eigenvalue weighted by molar-refractivity contribution is 0.114. The maximum Gasteiger partial charge on any atom is 0.283 e. The van der Waals surface area contributed by atoms with Gasteiger partial charge in [0.1, 0.15) is 0 Å². The van der Waals surface area contributed by atoms with Gasteiger partial charge in [0.2, 0.25) is 0 Å². The van der Waals surface area contributed by atoms with Gasteiger partial charge in [0.05, 0.1) is 28.5 Å². The molecule has 13 heteroatoms. The molecular formula is C29H33N7O6. The predicted molar refractivity (Wildman–Crippen MR) is 151 cm³/mol. The van der Waals surface area contributed by atoms with E-state index < -0.39 is 16.7 Å². The Balaban J connectivity index is 1.46. The summed E-state index contributed by atoms with van der Waals surface area (Å²) in [5.74, 6) is 0. The fourth-order valence-electron chi connectivity index (χ4n) is 5.05. The molecule has 1 aliphatic rings. The van der Waals surface area contributed by atoms with Crippen LogP contribution in [0.2, 0.25) is 0 Å². The minimum absolute atomic E-state index is 0.282. The summed E-state index contributed by atoms with van der Waals surface area (Å²) >= 11 is 0. The van der Waals surface area contributed by atoms with Gasteiger partial charge in [0.25, 0.3) is 16.7 Å². The van der Waals surface area contributed by atoms with Gasteiger partial charge in [-0.15, -0.1) is 0 Å². The van der Waals surface area contributed by atoms with E-state index >= 15 is 0 Å². The van der Waals surface area contributed by atoms with Crippen molar-refractivity contribution in [2.24, 2.45) is 0 Å². The van der Waals surface area contributed by atoms with Gasteiger partial charge in [-0.1, -0.05) is 24.3 Å². The Morgan fingerprint density at radius 1 is 0.500 bits per heavy atom. The normalized spacial score (nSPS) is 15.6. The number of aromatic nitrogens is 4. The summed E-state index contributed by atoms with van der Waals surface area (Å²) in [7, 11) is 0. The van der Waals surface area contributed by atoms with Crippen LogP contribution in [0.4, 0.5) is 0 Å². The van der Waals surface area contributed by atoms with E-state index in [0.717, 1.165) is 11.4 Å². The van der Waals surface area contributed by atoms with Gasteiger partial charge in [0, 0.05) is 77.1 Å². The van der Waals surface area contributed by atoms with Crippen LogP contribution in [0.1, 0.15) is 28.5 Å². The molecule has 0 spiro atoms. The Kier molecular flexibility index (Phi) is 8.81. The molecule has 13 nitrogen and oxygen atoms in total. The molecular weight excluding hydrogens is 542 g/mol. The van der Waals surface area contributed by atoms with Crippen LogP contribution < -0.4 is 16.7 Å². The number of hydrogen-bond acceptors (Lipinski definition) is 10. The lowest BCUT2D eigenvalue weighted by Crippen LogP contribution is -2.41. The predicted octanol–water partition coefficient (Wildman–Crippen LogP) is 0.799. The third-order valence-corrected chi connectivity index (χ3v) is 7.28. The Hall–Kier alpha value is -4.72. The van der Waals surface area contributed by atoms with Gasteiger partial charge in [0.15, 0.2) is 0 Å². The van der Waals surface area contributed by atoms with Crippen molar-refractivity contribution in [3.05, 3.63) is 132 Å². The topological polar surface area (TPSA) is 149 Å². The molecule has 0 saturated heterocycles. The first-order valence-corrected chi connectivity index (χ1v) is 13.6. The third-order valence-electron chi connectivity index (χ3n) is 7.28. The van der Waals surface area contributed by atoms with Crippen LogP contribution >= 0.6 is 0 Å². The van der Waals surface area contributed by atoms with Gasteiger partial charge < -0.3 is 15.6 Å². The second kappa shape index (κ2) is 12.9. The SMILES string of the molecule is O=c1cccc(CN2CCN(Cc3cccc(=O)n3O)Cc3cccc(n3)CN(Cc3cccc(=O)n3O)CC2)n1O. The summed E-state index contributed by atoms with van der Waals surface area (Å²) in [5.41, 5.74) is 1.36. The molecule has 0 aliphatic carbocycles. The average Bonchev–Trinajstić information content (AvgIpc) is 2.96. The van der Waals surface area contributed by atoms with Crippen LogP contribution in [0.5, 0.6) is 0 Å². The summed E-state index contributed by atoms with van der Waals surface area (Å²) in [5, 5.41) is 31.0. The maximum atomic E-state index is 12.1. The number of fused-ring (bicyclic) bond motifs is 2. The van der Waals surface area contributed by atoms with Crippen molar-refractivity contribution in [1.82, 2.24) is 33.9 Å². The molecule has 5 heterocycles. The molecule has 0 aromatic carbocycles. The summed E-state index contributed by atoms with van der Waals surface area (Å²) in [6.07, 6.45) is 0. The van der Waals surface area contributed by atoms with E-state index in [2.05, 4.69) is 14.7 Å².